The van der Waals surface area contributed by atoms with Crippen LogP contribution in [0.2, 0.25) is 0 Å². The molecule has 4 N–H and O–H groups in total. The summed E-state index contributed by atoms with van der Waals surface area (Å²) in [5, 5.41) is 18.3. The lowest BCUT2D eigenvalue weighted by Crippen LogP contribution is -1.99. The predicted octanol–water partition coefficient (Wildman–Crippen LogP) is 0.488. The molecule has 4 heteroatoms. The first-order chi connectivity index (χ1) is 5.25. The average Bonchev–Trinajstić information content (AvgIpc) is 1.97. The van der Waals surface area contributed by atoms with E-state index in [-0.39, 0.29) is 18.1 Å². The summed E-state index contributed by atoms with van der Waals surface area (Å²) >= 11 is 0. The topological polar surface area (TPSA) is 75.7 Å². The Labute approximate surface area is 63.8 Å². The van der Waals surface area contributed by atoms with Gasteiger partial charge in [0.1, 0.15) is 18.1 Å². The normalized spacial score (nSPS) is 9.91. The third-order valence-corrected chi connectivity index (χ3v) is 1.35. The van der Waals surface area contributed by atoms with E-state index >= 15 is 0 Å². The minimum absolute atomic E-state index is 0.00148. The standard InChI is InChI=1S/C7H9NO3/c8-11-4-5-6(9)2-1-3-7(5)10/h1-3,9-10H,4,8H2. The summed E-state index contributed by atoms with van der Waals surface area (Å²) in [4.78, 5) is 4.27. The van der Waals surface area contributed by atoms with Crippen molar-refractivity contribution < 1.29 is 15.1 Å². The van der Waals surface area contributed by atoms with E-state index < -0.39 is 0 Å². The van der Waals surface area contributed by atoms with Crippen molar-refractivity contribution in [2.45, 2.75) is 6.61 Å². The first kappa shape index (κ1) is 7.84. The molecule has 0 heterocycles. The second-order valence-electron chi connectivity index (χ2n) is 2.09. The highest BCUT2D eigenvalue weighted by Crippen LogP contribution is 2.26. The Balaban J connectivity index is 3.00. The van der Waals surface area contributed by atoms with Gasteiger partial charge in [-0.2, -0.15) is 0 Å². The molecular weight excluding hydrogens is 146 g/mol. The average molecular weight is 155 g/mol. The van der Waals surface area contributed by atoms with Gasteiger partial charge in [0, 0.05) is 0 Å². The second-order valence-corrected chi connectivity index (χ2v) is 2.09. The molecule has 0 radical (unpaired) electrons. The fourth-order valence-corrected chi connectivity index (χ4v) is 0.794. The number of rotatable bonds is 2. The van der Waals surface area contributed by atoms with Crippen LogP contribution in [0, 0.1) is 0 Å². The smallest absolute Gasteiger partial charge is 0.124 e. The minimum atomic E-state index is -0.0181. The summed E-state index contributed by atoms with van der Waals surface area (Å²) in [6, 6.07) is 4.44. The number of phenolic OH excluding ortho intramolecular Hbond substituents is 2. The third-order valence-electron chi connectivity index (χ3n) is 1.35. The number of nitrogens with two attached hydrogens (primary N) is 1. The number of aromatic hydroxyl groups is 2. The van der Waals surface area contributed by atoms with Crippen LogP contribution in [0.4, 0.5) is 0 Å². The van der Waals surface area contributed by atoms with Crippen molar-refractivity contribution in [3.63, 3.8) is 0 Å². The van der Waals surface area contributed by atoms with Crippen LogP contribution in [0.1, 0.15) is 5.56 Å². The van der Waals surface area contributed by atoms with Crippen molar-refractivity contribution in [3.05, 3.63) is 23.8 Å². The molecule has 4 nitrogen and oxygen atoms in total. The SMILES string of the molecule is NOCc1c(O)cccc1O. The van der Waals surface area contributed by atoms with Crippen LogP contribution in [0.5, 0.6) is 11.5 Å². The molecule has 0 aliphatic carbocycles. The zero-order chi connectivity index (χ0) is 8.27. The molecule has 0 bridgehead atoms. The van der Waals surface area contributed by atoms with Crippen molar-refractivity contribution in [3.8, 4) is 11.5 Å². The molecule has 0 aromatic heterocycles. The van der Waals surface area contributed by atoms with Gasteiger partial charge in [-0.3, -0.25) is 4.84 Å². The minimum Gasteiger partial charge on any atom is -0.507 e. The molecule has 0 spiro atoms. The molecule has 1 aromatic carbocycles. The van der Waals surface area contributed by atoms with Crippen LogP contribution in [-0.4, -0.2) is 10.2 Å². The monoisotopic (exact) mass is 155 g/mol. The summed E-state index contributed by atoms with van der Waals surface area (Å²) in [7, 11) is 0. The molecule has 0 unspecified atom stereocenters. The highest BCUT2D eigenvalue weighted by Gasteiger charge is 2.04. The maximum Gasteiger partial charge on any atom is 0.124 e. The molecular formula is C7H9NO3. The molecule has 0 aliphatic heterocycles. The van der Waals surface area contributed by atoms with E-state index in [2.05, 4.69) is 4.84 Å². The highest BCUT2D eigenvalue weighted by molar-refractivity contribution is 5.42. The van der Waals surface area contributed by atoms with Crippen molar-refractivity contribution in [1.29, 1.82) is 0 Å². The maximum absolute atomic E-state index is 9.13. The lowest BCUT2D eigenvalue weighted by Gasteiger charge is -2.03. The summed E-state index contributed by atoms with van der Waals surface area (Å²) in [5.74, 6) is 4.74. The Morgan fingerprint density at radius 2 is 1.82 bits per heavy atom. The number of hydrogen-bond acceptors (Lipinski definition) is 4. The fourth-order valence-electron chi connectivity index (χ4n) is 0.794. The van der Waals surface area contributed by atoms with Gasteiger partial charge < -0.3 is 10.2 Å². The van der Waals surface area contributed by atoms with E-state index in [0.717, 1.165) is 0 Å². The zero-order valence-electron chi connectivity index (χ0n) is 5.82. The van der Waals surface area contributed by atoms with E-state index in [1.54, 1.807) is 0 Å². The molecule has 0 aliphatic rings. The van der Waals surface area contributed by atoms with Crippen LogP contribution < -0.4 is 5.90 Å². The van der Waals surface area contributed by atoms with Gasteiger partial charge in [0.2, 0.25) is 0 Å². The first-order valence-electron chi connectivity index (χ1n) is 3.07. The number of phenols is 2. The molecule has 60 valence electrons. The van der Waals surface area contributed by atoms with Gasteiger partial charge in [-0.25, -0.2) is 5.90 Å². The molecule has 0 amide bonds. The summed E-state index contributed by atoms with van der Waals surface area (Å²) in [6.45, 7) is -0.00148. The molecule has 0 saturated carbocycles. The van der Waals surface area contributed by atoms with E-state index in [9.17, 15) is 0 Å². The largest absolute Gasteiger partial charge is 0.507 e. The van der Waals surface area contributed by atoms with Gasteiger partial charge in [0.25, 0.3) is 0 Å². The van der Waals surface area contributed by atoms with E-state index in [1.807, 2.05) is 0 Å². The van der Waals surface area contributed by atoms with E-state index in [1.165, 1.54) is 18.2 Å². The van der Waals surface area contributed by atoms with Gasteiger partial charge in [0.05, 0.1) is 5.56 Å². The van der Waals surface area contributed by atoms with Crippen LogP contribution in [-0.2, 0) is 11.4 Å². The second kappa shape index (κ2) is 3.23. The van der Waals surface area contributed by atoms with Gasteiger partial charge in [-0.05, 0) is 12.1 Å². The number of benzene rings is 1. The Morgan fingerprint density at radius 3 is 2.27 bits per heavy atom. The van der Waals surface area contributed by atoms with Crippen LogP contribution in [0.25, 0.3) is 0 Å². The summed E-state index contributed by atoms with van der Waals surface area (Å²) < 4.78 is 0. The number of hydrogen-bond donors (Lipinski definition) is 3. The fraction of sp³-hybridized carbons (Fsp3) is 0.143. The van der Waals surface area contributed by atoms with Crippen molar-refractivity contribution in [1.82, 2.24) is 0 Å². The van der Waals surface area contributed by atoms with E-state index in [0.29, 0.717) is 5.56 Å². The Kier molecular flexibility index (Phi) is 2.30. The van der Waals surface area contributed by atoms with Gasteiger partial charge in [-0.1, -0.05) is 6.07 Å². The Bertz CT molecular complexity index is 229. The van der Waals surface area contributed by atoms with Crippen LogP contribution in [0.3, 0.4) is 0 Å². The molecule has 1 aromatic rings. The lowest BCUT2D eigenvalue weighted by atomic mass is 10.2. The zero-order valence-corrected chi connectivity index (χ0v) is 5.82. The summed E-state index contributed by atoms with van der Waals surface area (Å²) in [6.07, 6.45) is 0. The quantitative estimate of drug-likeness (QED) is 0.543. The maximum atomic E-state index is 9.13. The molecule has 0 fully saturated rings. The Hall–Kier alpha value is -1.26. The van der Waals surface area contributed by atoms with Gasteiger partial charge in [0.15, 0.2) is 0 Å². The van der Waals surface area contributed by atoms with Crippen LogP contribution >= 0.6 is 0 Å². The van der Waals surface area contributed by atoms with E-state index in [4.69, 9.17) is 16.1 Å². The summed E-state index contributed by atoms with van der Waals surface area (Å²) in [5.41, 5.74) is 0.301. The lowest BCUT2D eigenvalue weighted by molar-refractivity contribution is 0.120. The van der Waals surface area contributed by atoms with Crippen molar-refractivity contribution in [2.24, 2.45) is 5.90 Å². The van der Waals surface area contributed by atoms with Crippen LogP contribution in [0.15, 0.2) is 18.2 Å². The predicted molar refractivity (Wildman–Crippen MR) is 38.7 cm³/mol. The Morgan fingerprint density at radius 1 is 1.27 bits per heavy atom. The van der Waals surface area contributed by atoms with Crippen molar-refractivity contribution in [2.75, 3.05) is 0 Å². The van der Waals surface area contributed by atoms with Gasteiger partial charge in [-0.15, -0.1) is 0 Å². The third kappa shape index (κ3) is 1.60. The molecule has 0 saturated heterocycles. The van der Waals surface area contributed by atoms with Gasteiger partial charge >= 0.3 is 0 Å². The molecule has 11 heavy (non-hydrogen) atoms. The highest BCUT2D eigenvalue weighted by atomic mass is 16.6. The first-order valence-corrected chi connectivity index (χ1v) is 3.07. The molecule has 1 rings (SSSR count). The van der Waals surface area contributed by atoms with Crippen molar-refractivity contribution >= 4 is 0 Å². The molecule has 0 atom stereocenters.